The van der Waals surface area contributed by atoms with Crippen molar-refractivity contribution in [1.29, 1.82) is 0 Å². The zero-order valence-corrected chi connectivity index (χ0v) is 17.4. The number of imidazole rings is 1. The normalized spacial score (nSPS) is 12.5. The predicted molar refractivity (Wildman–Crippen MR) is 106 cm³/mol. The second-order valence-corrected chi connectivity index (χ2v) is 10.9. The molecule has 0 unspecified atom stereocenters. The molecule has 0 saturated carbocycles. The number of hydrogen-bond acceptors (Lipinski definition) is 7. The smallest absolute Gasteiger partial charge is 0.416 e. The summed E-state index contributed by atoms with van der Waals surface area (Å²) in [5.41, 5.74) is 0.592. The molecule has 7 nitrogen and oxygen atoms in total. The van der Waals surface area contributed by atoms with E-state index in [-0.39, 0.29) is 27.0 Å². The Morgan fingerprint density at radius 1 is 1.28 bits per heavy atom. The highest BCUT2D eigenvalue weighted by atomic mass is 33.5. The van der Waals surface area contributed by atoms with Crippen LogP contribution >= 0.6 is 20.6 Å². The van der Waals surface area contributed by atoms with Crippen LogP contribution < -0.4 is 4.74 Å². The van der Waals surface area contributed by atoms with Crippen LogP contribution in [0.25, 0.3) is 22.6 Å². The van der Waals surface area contributed by atoms with Crippen LogP contribution in [0.1, 0.15) is 11.1 Å². The molecule has 0 saturated heterocycles. The number of nitrogens with zero attached hydrogens (tertiary/aromatic N) is 3. The summed E-state index contributed by atoms with van der Waals surface area (Å²) in [4.78, 5) is 8.59. The number of fused-ring (bicyclic) bond motifs is 1. The zero-order valence-electron chi connectivity index (χ0n) is 15.0. The molecule has 3 aromatic rings. The molecule has 2 heterocycles. The third-order valence-electron chi connectivity index (χ3n) is 3.98. The van der Waals surface area contributed by atoms with E-state index in [9.17, 15) is 21.6 Å². The molecule has 0 fully saturated rings. The Bertz CT molecular complexity index is 1160. The molecule has 0 aliphatic rings. The van der Waals surface area contributed by atoms with Gasteiger partial charge in [0.2, 0.25) is 0 Å². The van der Waals surface area contributed by atoms with Gasteiger partial charge in [0, 0.05) is 11.8 Å². The first kappa shape index (κ1) is 21.7. The molecule has 29 heavy (non-hydrogen) atoms. The molecule has 0 atom stereocenters. The van der Waals surface area contributed by atoms with Gasteiger partial charge in [-0.1, -0.05) is 10.8 Å². The summed E-state index contributed by atoms with van der Waals surface area (Å²) in [5, 5.41) is 0. The largest absolute Gasteiger partial charge is 0.496 e. The number of benzene rings is 1. The molecule has 0 radical (unpaired) electrons. The molecule has 0 bridgehead atoms. The third-order valence-corrected chi connectivity index (χ3v) is 8.14. The topological polar surface area (TPSA) is 94.3 Å². The van der Waals surface area contributed by atoms with Gasteiger partial charge in [-0.2, -0.15) is 21.6 Å². The lowest BCUT2D eigenvalue weighted by molar-refractivity contribution is -0.137. The van der Waals surface area contributed by atoms with E-state index in [1.165, 1.54) is 23.9 Å². The van der Waals surface area contributed by atoms with E-state index in [4.69, 9.17) is 9.29 Å². The van der Waals surface area contributed by atoms with E-state index in [1.54, 1.807) is 13.0 Å². The quantitative estimate of drug-likeness (QED) is 0.418. The van der Waals surface area contributed by atoms with Crippen molar-refractivity contribution in [2.24, 2.45) is 0 Å². The fraction of sp³-hybridized carbons (Fsp3) is 0.250. The molecule has 13 heteroatoms. The van der Waals surface area contributed by atoms with Gasteiger partial charge in [-0.3, -0.25) is 9.54 Å². The Morgan fingerprint density at radius 2 is 2.00 bits per heavy atom. The summed E-state index contributed by atoms with van der Waals surface area (Å²) in [6, 6.07) is 4.75. The number of ether oxygens (including phenoxy) is 1. The van der Waals surface area contributed by atoms with Crippen molar-refractivity contribution in [1.82, 2.24) is 14.5 Å². The number of alkyl halides is 3. The second-order valence-electron chi connectivity index (χ2n) is 5.79. The molecule has 0 spiro atoms. The Kier molecular flexibility index (Phi) is 6.03. The van der Waals surface area contributed by atoms with Crippen molar-refractivity contribution >= 4 is 40.8 Å². The van der Waals surface area contributed by atoms with Gasteiger partial charge in [0.05, 0.1) is 39.4 Å². The van der Waals surface area contributed by atoms with Crippen molar-refractivity contribution in [2.45, 2.75) is 19.0 Å². The summed E-state index contributed by atoms with van der Waals surface area (Å²) in [7, 11) is -1.79. The van der Waals surface area contributed by atoms with Gasteiger partial charge in [-0.05, 0) is 31.2 Å². The third kappa shape index (κ3) is 4.79. The van der Waals surface area contributed by atoms with Crippen LogP contribution in [0.3, 0.4) is 0 Å². The highest BCUT2D eigenvalue weighted by Crippen LogP contribution is 2.37. The Hall–Kier alpha value is -1.96. The van der Waals surface area contributed by atoms with E-state index in [0.29, 0.717) is 22.5 Å². The predicted octanol–water partition coefficient (Wildman–Crippen LogP) is 4.58. The zero-order chi connectivity index (χ0) is 21.4. The summed E-state index contributed by atoms with van der Waals surface area (Å²) in [6.45, 7) is 1.73. The van der Waals surface area contributed by atoms with Gasteiger partial charge in [0.15, 0.2) is 5.82 Å². The van der Waals surface area contributed by atoms with Crippen LogP contribution in [-0.2, 0) is 21.2 Å². The van der Waals surface area contributed by atoms with Crippen molar-refractivity contribution in [3.63, 3.8) is 0 Å². The van der Waals surface area contributed by atoms with Crippen LogP contribution in [0.2, 0.25) is 0 Å². The molecule has 2 aromatic heterocycles. The monoisotopic (exact) mass is 465 g/mol. The van der Waals surface area contributed by atoms with Gasteiger partial charge in [0.25, 0.3) is 0 Å². The lowest BCUT2D eigenvalue weighted by Crippen LogP contribution is -2.04. The Balaban J connectivity index is 2.17. The average Bonchev–Trinajstić information content (AvgIpc) is 2.98. The first-order valence-electron chi connectivity index (χ1n) is 7.87. The number of hydrogen-bond donors (Lipinski definition) is 1. The van der Waals surface area contributed by atoms with Gasteiger partial charge < -0.3 is 9.30 Å². The van der Waals surface area contributed by atoms with E-state index in [2.05, 4.69) is 9.97 Å². The van der Waals surface area contributed by atoms with Gasteiger partial charge >= 0.3 is 15.3 Å². The molecule has 3 rings (SSSR count). The van der Waals surface area contributed by atoms with Gasteiger partial charge in [-0.25, -0.2) is 4.98 Å². The number of pyridine rings is 1. The number of rotatable bonds is 6. The van der Waals surface area contributed by atoms with Crippen molar-refractivity contribution in [2.75, 3.05) is 7.11 Å². The van der Waals surface area contributed by atoms with E-state index in [1.807, 2.05) is 0 Å². The molecule has 0 aliphatic carbocycles. The highest BCUT2D eigenvalue weighted by Gasteiger charge is 2.31. The molecule has 156 valence electrons. The van der Waals surface area contributed by atoms with Crippen LogP contribution in [0.4, 0.5) is 13.2 Å². The maximum atomic E-state index is 13.1. The number of aromatic nitrogens is 3. The van der Waals surface area contributed by atoms with Crippen LogP contribution in [0, 0.1) is 6.92 Å². The van der Waals surface area contributed by atoms with E-state index in [0.717, 1.165) is 22.9 Å². The van der Waals surface area contributed by atoms with Crippen LogP contribution in [0.5, 0.6) is 5.75 Å². The molecular weight excluding hydrogens is 451 g/mol. The number of methoxy groups -OCH3 is 1. The second kappa shape index (κ2) is 8.05. The Labute approximate surface area is 171 Å². The average molecular weight is 466 g/mol. The summed E-state index contributed by atoms with van der Waals surface area (Å²) < 4.78 is 76.9. The fourth-order valence-electron chi connectivity index (χ4n) is 2.72. The van der Waals surface area contributed by atoms with E-state index < -0.39 is 20.9 Å². The molecule has 0 aliphatic heterocycles. The standard InChI is InChI=1S/C16H14F3N3O4S3/c1-9-13(26-2)5-6-20-14(9)15-21-11-7-10(16(17,18)19)3-4-12(11)22(15)8-27-28-29(23,24)25/h3-7H,8H2,1-2H3,(H,23,24,25). The van der Waals surface area contributed by atoms with Crippen LogP contribution in [0.15, 0.2) is 30.5 Å². The highest BCUT2D eigenvalue weighted by molar-refractivity contribution is 9.05. The van der Waals surface area contributed by atoms with E-state index >= 15 is 0 Å². The van der Waals surface area contributed by atoms with Gasteiger partial charge in [-0.15, -0.1) is 0 Å². The SMILES string of the molecule is COc1ccnc(-c2nc3cc(C(F)(F)F)ccc3n2CSSS(=O)(=O)O)c1C. The molecule has 1 aromatic carbocycles. The molecule has 0 amide bonds. The molecule has 1 N–H and O–H groups in total. The maximum Gasteiger partial charge on any atom is 0.416 e. The molecular formula is C16H14F3N3O4S3. The minimum absolute atomic E-state index is 0.0139. The van der Waals surface area contributed by atoms with Crippen molar-refractivity contribution in [3.05, 3.63) is 41.6 Å². The van der Waals surface area contributed by atoms with Crippen molar-refractivity contribution < 1.29 is 30.9 Å². The Morgan fingerprint density at radius 3 is 2.62 bits per heavy atom. The van der Waals surface area contributed by atoms with Crippen molar-refractivity contribution in [3.8, 4) is 17.3 Å². The summed E-state index contributed by atoms with van der Waals surface area (Å²) in [5.74, 6) is 0.753. The van der Waals surface area contributed by atoms with Gasteiger partial charge in [0.1, 0.15) is 11.4 Å². The number of halogens is 3. The minimum atomic E-state index is -4.53. The lowest BCUT2D eigenvalue weighted by Gasteiger charge is -2.11. The summed E-state index contributed by atoms with van der Waals surface area (Å²) >= 11 is 0. The first-order chi connectivity index (χ1) is 13.5. The first-order valence-corrected chi connectivity index (χ1v) is 12.1. The van der Waals surface area contributed by atoms with Crippen LogP contribution in [-0.4, -0.2) is 34.6 Å². The minimum Gasteiger partial charge on any atom is -0.496 e. The maximum absolute atomic E-state index is 13.1. The fourth-order valence-corrected chi connectivity index (χ4v) is 5.54. The summed E-state index contributed by atoms with van der Waals surface area (Å²) in [6.07, 6.45) is -3.05. The lowest BCUT2D eigenvalue weighted by atomic mass is 10.2.